The number of aromatic amines is 1. The van der Waals surface area contributed by atoms with E-state index in [9.17, 15) is 0 Å². The Morgan fingerprint density at radius 2 is 2.20 bits per heavy atom. The number of aromatic nitrogens is 4. The van der Waals surface area contributed by atoms with E-state index in [0.29, 0.717) is 29.1 Å². The molecular formula is C13H19N5O2. The van der Waals surface area contributed by atoms with E-state index in [2.05, 4.69) is 20.3 Å². The molecule has 0 bridgehead atoms. The van der Waals surface area contributed by atoms with Gasteiger partial charge in [0.15, 0.2) is 0 Å². The molecule has 0 aliphatic heterocycles. The molecule has 108 valence electrons. The lowest BCUT2D eigenvalue weighted by atomic mass is 9.85. The number of nitrogen functional groups attached to an aromatic ring is 1. The number of ether oxygens (including phenoxy) is 1. The predicted molar refractivity (Wildman–Crippen MR) is 72.6 cm³/mol. The Bertz CT molecular complexity index is 559. The van der Waals surface area contributed by atoms with Crippen LogP contribution in [0.5, 0.6) is 0 Å². The highest BCUT2D eigenvalue weighted by atomic mass is 16.5. The molecule has 0 aromatic carbocycles. The summed E-state index contributed by atoms with van der Waals surface area (Å²) in [5.74, 6) is 1.85. The maximum absolute atomic E-state index is 5.59. The summed E-state index contributed by atoms with van der Waals surface area (Å²) in [6.45, 7) is 0. The molecule has 1 saturated carbocycles. The van der Waals surface area contributed by atoms with Gasteiger partial charge in [0.1, 0.15) is 17.6 Å². The van der Waals surface area contributed by atoms with Crippen molar-refractivity contribution < 1.29 is 9.26 Å². The monoisotopic (exact) mass is 277 g/mol. The first-order valence-corrected chi connectivity index (χ1v) is 6.95. The van der Waals surface area contributed by atoms with Gasteiger partial charge >= 0.3 is 0 Å². The molecule has 3 N–H and O–H groups in total. The smallest absolute Gasteiger partial charge is 0.276 e. The van der Waals surface area contributed by atoms with E-state index in [0.717, 1.165) is 12.8 Å². The summed E-state index contributed by atoms with van der Waals surface area (Å²) in [4.78, 5) is 4.41. The Balaban J connectivity index is 1.80. The SMILES string of the molecule is COC(c1noc(-c2cc(N)n[nH]2)n1)C1CCCCC1. The Hall–Kier alpha value is -1.89. The summed E-state index contributed by atoms with van der Waals surface area (Å²) >= 11 is 0. The highest BCUT2D eigenvalue weighted by Gasteiger charge is 2.29. The van der Waals surface area contributed by atoms with Crippen molar-refractivity contribution in [1.82, 2.24) is 20.3 Å². The molecule has 1 fully saturated rings. The average molecular weight is 277 g/mol. The van der Waals surface area contributed by atoms with Crippen molar-refractivity contribution >= 4 is 5.82 Å². The van der Waals surface area contributed by atoms with E-state index >= 15 is 0 Å². The lowest BCUT2D eigenvalue weighted by molar-refractivity contribution is 0.0274. The van der Waals surface area contributed by atoms with Crippen LogP contribution in [0, 0.1) is 5.92 Å². The Morgan fingerprint density at radius 3 is 2.85 bits per heavy atom. The van der Waals surface area contributed by atoms with Crippen LogP contribution in [0.1, 0.15) is 44.0 Å². The van der Waals surface area contributed by atoms with Gasteiger partial charge in [-0.1, -0.05) is 24.4 Å². The Labute approximate surface area is 116 Å². The molecule has 2 aromatic rings. The number of nitrogens with one attached hydrogen (secondary N) is 1. The maximum Gasteiger partial charge on any atom is 0.276 e. The second-order valence-corrected chi connectivity index (χ2v) is 5.22. The molecular weight excluding hydrogens is 258 g/mol. The normalized spacial score (nSPS) is 18.2. The molecule has 0 spiro atoms. The lowest BCUT2D eigenvalue weighted by Gasteiger charge is -2.26. The number of rotatable bonds is 4. The van der Waals surface area contributed by atoms with Crippen LogP contribution < -0.4 is 5.73 Å². The van der Waals surface area contributed by atoms with Crippen LogP contribution in [-0.2, 0) is 4.74 Å². The molecule has 7 heteroatoms. The van der Waals surface area contributed by atoms with Crippen molar-refractivity contribution in [2.75, 3.05) is 12.8 Å². The van der Waals surface area contributed by atoms with Crippen molar-refractivity contribution in [3.8, 4) is 11.6 Å². The zero-order valence-corrected chi connectivity index (χ0v) is 11.5. The number of H-pyrrole nitrogens is 1. The van der Waals surface area contributed by atoms with E-state index in [-0.39, 0.29) is 6.10 Å². The molecule has 20 heavy (non-hydrogen) atoms. The van der Waals surface area contributed by atoms with E-state index < -0.39 is 0 Å². The molecule has 0 radical (unpaired) electrons. The van der Waals surface area contributed by atoms with Crippen molar-refractivity contribution in [1.29, 1.82) is 0 Å². The maximum atomic E-state index is 5.59. The minimum Gasteiger partial charge on any atom is -0.382 e. The summed E-state index contributed by atoms with van der Waals surface area (Å²) in [5, 5.41) is 10.7. The van der Waals surface area contributed by atoms with Crippen LogP contribution >= 0.6 is 0 Å². The standard InChI is InChI=1S/C13H19N5O2/c1-19-11(8-5-3-2-4-6-8)12-15-13(20-18-12)9-7-10(14)17-16-9/h7-8,11H,2-6H2,1H3,(H3,14,16,17). The summed E-state index contributed by atoms with van der Waals surface area (Å²) in [7, 11) is 1.70. The van der Waals surface area contributed by atoms with Crippen molar-refractivity contribution in [2.45, 2.75) is 38.2 Å². The van der Waals surface area contributed by atoms with Crippen LogP contribution in [0.15, 0.2) is 10.6 Å². The third-order valence-corrected chi connectivity index (χ3v) is 3.86. The average Bonchev–Trinajstić information content (AvgIpc) is 3.10. The summed E-state index contributed by atoms with van der Waals surface area (Å²) in [5.41, 5.74) is 6.19. The van der Waals surface area contributed by atoms with Gasteiger partial charge in [0.25, 0.3) is 5.89 Å². The number of hydrogen-bond acceptors (Lipinski definition) is 6. The number of methoxy groups -OCH3 is 1. The van der Waals surface area contributed by atoms with E-state index in [1.54, 1.807) is 13.2 Å². The van der Waals surface area contributed by atoms with Gasteiger partial charge in [-0.15, -0.1) is 0 Å². The number of nitrogens with zero attached hydrogens (tertiary/aromatic N) is 3. The van der Waals surface area contributed by atoms with Gasteiger partial charge in [0, 0.05) is 13.2 Å². The molecule has 1 atom stereocenters. The molecule has 3 rings (SSSR count). The minimum absolute atomic E-state index is 0.104. The zero-order valence-electron chi connectivity index (χ0n) is 11.5. The first-order chi connectivity index (χ1) is 9.78. The number of hydrogen-bond donors (Lipinski definition) is 2. The van der Waals surface area contributed by atoms with Gasteiger partial charge < -0.3 is 15.0 Å². The van der Waals surface area contributed by atoms with Crippen molar-refractivity contribution in [2.24, 2.45) is 5.92 Å². The summed E-state index contributed by atoms with van der Waals surface area (Å²) in [6, 6.07) is 1.67. The van der Waals surface area contributed by atoms with Gasteiger partial charge in [-0.2, -0.15) is 10.1 Å². The van der Waals surface area contributed by atoms with E-state index in [1.807, 2.05) is 0 Å². The molecule has 0 saturated heterocycles. The number of anilines is 1. The number of nitrogens with two attached hydrogens (primary N) is 1. The summed E-state index contributed by atoms with van der Waals surface area (Å²) in [6.07, 6.45) is 5.99. The van der Waals surface area contributed by atoms with E-state index in [1.165, 1.54) is 19.3 Å². The van der Waals surface area contributed by atoms with Crippen LogP contribution in [0.25, 0.3) is 11.6 Å². The van der Waals surface area contributed by atoms with E-state index in [4.69, 9.17) is 15.0 Å². The minimum atomic E-state index is -0.104. The molecule has 7 nitrogen and oxygen atoms in total. The van der Waals surface area contributed by atoms with Crippen molar-refractivity contribution in [3.63, 3.8) is 0 Å². The molecule has 0 amide bonds. The molecule has 1 unspecified atom stereocenters. The van der Waals surface area contributed by atoms with Crippen molar-refractivity contribution in [3.05, 3.63) is 11.9 Å². The van der Waals surface area contributed by atoms with Gasteiger partial charge in [0.05, 0.1) is 0 Å². The Kier molecular flexibility index (Phi) is 3.68. The fourth-order valence-electron chi connectivity index (χ4n) is 2.85. The summed E-state index contributed by atoms with van der Waals surface area (Å²) < 4.78 is 10.9. The second-order valence-electron chi connectivity index (χ2n) is 5.22. The third-order valence-electron chi connectivity index (χ3n) is 3.86. The highest BCUT2D eigenvalue weighted by Crippen LogP contribution is 2.35. The largest absolute Gasteiger partial charge is 0.382 e. The van der Waals surface area contributed by atoms with Crippen LogP contribution in [0.3, 0.4) is 0 Å². The lowest BCUT2D eigenvalue weighted by Crippen LogP contribution is -2.19. The van der Waals surface area contributed by atoms with Gasteiger partial charge in [-0.05, 0) is 18.8 Å². The van der Waals surface area contributed by atoms with Gasteiger partial charge in [-0.25, -0.2) is 0 Å². The molecule has 1 aliphatic carbocycles. The quantitative estimate of drug-likeness (QED) is 0.888. The first kappa shape index (κ1) is 13.1. The highest BCUT2D eigenvalue weighted by molar-refractivity contribution is 5.51. The predicted octanol–water partition coefficient (Wildman–Crippen LogP) is 2.31. The van der Waals surface area contributed by atoms with Gasteiger partial charge in [-0.3, -0.25) is 5.10 Å². The van der Waals surface area contributed by atoms with Crippen LogP contribution in [0.2, 0.25) is 0 Å². The van der Waals surface area contributed by atoms with Crippen LogP contribution in [0.4, 0.5) is 5.82 Å². The van der Waals surface area contributed by atoms with Gasteiger partial charge in [0.2, 0.25) is 5.82 Å². The second kappa shape index (κ2) is 5.62. The fourth-order valence-corrected chi connectivity index (χ4v) is 2.85. The third kappa shape index (κ3) is 2.53. The molecule has 2 heterocycles. The Morgan fingerprint density at radius 1 is 1.40 bits per heavy atom. The molecule has 2 aromatic heterocycles. The van der Waals surface area contributed by atoms with Crippen LogP contribution in [-0.4, -0.2) is 27.4 Å². The zero-order chi connectivity index (χ0) is 13.9. The fraction of sp³-hybridized carbons (Fsp3) is 0.615. The topological polar surface area (TPSA) is 103 Å². The first-order valence-electron chi connectivity index (χ1n) is 6.95. The molecule has 1 aliphatic rings.